The maximum atomic E-state index is 5.62. The molecule has 0 fully saturated rings. The first-order valence-electron chi connectivity index (χ1n) is 6.01. The van der Waals surface area contributed by atoms with Gasteiger partial charge in [-0.3, -0.25) is 0 Å². The van der Waals surface area contributed by atoms with Gasteiger partial charge in [-0.1, -0.05) is 66.2 Å². The minimum absolute atomic E-state index is 0.823. The van der Waals surface area contributed by atoms with Gasteiger partial charge in [0.05, 0.1) is 0 Å². The number of anilines is 1. The fraction of sp³-hybridized carbons (Fsp3) is 0.0588. The highest BCUT2D eigenvalue weighted by molar-refractivity contribution is 5.85. The summed E-state index contributed by atoms with van der Waals surface area (Å²) in [4.78, 5) is 0. The molecular weight excluding hydrogens is 218 g/mol. The fourth-order valence-electron chi connectivity index (χ4n) is 1.74. The number of nitrogens with two attached hydrogens (primary N) is 1. The van der Waals surface area contributed by atoms with Crippen molar-refractivity contribution in [3.63, 3.8) is 0 Å². The molecule has 90 valence electrons. The molecule has 0 saturated carbocycles. The first-order chi connectivity index (χ1) is 8.75. The minimum atomic E-state index is 0.823. The molecule has 0 aliphatic heterocycles. The summed E-state index contributed by atoms with van der Waals surface area (Å²) in [6, 6.07) is 24.4. The van der Waals surface area contributed by atoms with Gasteiger partial charge in [0.25, 0.3) is 0 Å². The topological polar surface area (TPSA) is 26.0 Å². The molecule has 1 nitrogen and oxygen atoms in total. The Balaban J connectivity index is 0.000000149. The molecule has 0 radical (unpaired) electrons. The first kappa shape index (κ1) is 12.2. The molecular formula is C17H17N. The molecule has 0 bridgehead atoms. The van der Waals surface area contributed by atoms with E-state index < -0.39 is 0 Å². The van der Waals surface area contributed by atoms with Gasteiger partial charge in [-0.15, -0.1) is 0 Å². The lowest BCUT2D eigenvalue weighted by Gasteiger charge is -1.96. The SMILES string of the molecule is Cc1ccccc1.Nc1ccc2ccccc2c1. The molecule has 0 aliphatic rings. The number of fused-ring (bicyclic) bond motifs is 1. The number of benzene rings is 3. The lowest BCUT2D eigenvalue weighted by molar-refractivity contribution is 1.48. The highest BCUT2D eigenvalue weighted by atomic mass is 14.5. The van der Waals surface area contributed by atoms with Gasteiger partial charge in [-0.2, -0.15) is 0 Å². The maximum Gasteiger partial charge on any atom is 0.0320 e. The third kappa shape index (κ3) is 3.36. The monoisotopic (exact) mass is 235 g/mol. The van der Waals surface area contributed by atoms with E-state index in [1.165, 1.54) is 16.3 Å². The van der Waals surface area contributed by atoms with Gasteiger partial charge in [0, 0.05) is 5.69 Å². The van der Waals surface area contributed by atoms with E-state index in [1.54, 1.807) is 0 Å². The van der Waals surface area contributed by atoms with Crippen LogP contribution in [-0.2, 0) is 0 Å². The van der Waals surface area contributed by atoms with Crippen LogP contribution < -0.4 is 5.73 Å². The Bertz CT molecular complexity index is 615. The lowest BCUT2D eigenvalue weighted by Crippen LogP contribution is -1.82. The molecule has 0 amide bonds. The van der Waals surface area contributed by atoms with Crippen LogP contribution in [0.5, 0.6) is 0 Å². The number of aryl methyl sites for hydroxylation is 1. The van der Waals surface area contributed by atoms with Gasteiger partial charge in [0.1, 0.15) is 0 Å². The number of hydrogen-bond acceptors (Lipinski definition) is 1. The van der Waals surface area contributed by atoms with Crippen molar-refractivity contribution < 1.29 is 0 Å². The molecule has 0 spiro atoms. The molecule has 3 aromatic carbocycles. The number of nitrogen functional groups attached to an aromatic ring is 1. The van der Waals surface area contributed by atoms with Crippen molar-refractivity contribution >= 4 is 16.5 Å². The zero-order valence-electron chi connectivity index (χ0n) is 10.5. The molecule has 3 rings (SSSR count). The quantitative estimate of drug-likeness (QED) is 0.574. The van der Waals surface area contributed by atoms with E-state index in [1.807, 2.05) is 48.5 Å². The summed E-state index contributed by atoms with van der Waals surface area (Å²) >= 11 is 0. The van der Waals surface area contributed by atoms with E-state index in [9.17, 15) is 0 Å². The molecule has 0 saturated heterocycles. The predicted octanol–water partition coefficient (Wildman–Crippen LogP) is 4.42. The smallest absolute Gasteiger partial charge is 0.0320 e. The van der Waals surface area contributed by atoms with Gasteiger partial charge in [-0.05, 0) is 29.8 Å². The van der Waals surface area contributed by atoms with Gasteiger partial charge in [0.15, 0.2) is 0 Å². The lowest BCUT2D eigenvalue weighted by atomic mass is 10.1. The van der Waals surface area contributed by atoms with E-state index in [2.05, 4.69) is 31.2 Å². The zero-order valence-corrected chi connectivity index (χ0v) is 10.5. The molecule has 0 unspecified atom stereocenters. The second-order valence-corrected chi connectivity index (χ2v) is 4.26. The second kappa shape index (κ2) is 5.87. The van der Waals surface area contributed by atoms with Gasteiger partial charge in [-0.25, -0.2) is 0 Å². The van der Waals surface area contributed by atoms with Crippen molar-refractivity contribution in [3.05, 3.63) is 78.4 Å². The minimum Gasteiger partial charge on any atom is -0.399 e. The van der Waals surface area contributed by atoms with Crippen LogP contribution in [0.1, 0.15) is 5.56 Å². The van der Waals surface area contributed by atoms with Crippen LogP contribution in [0.2, 0.25) is 0 Å². The third-order valence-corrected chi connectivity index (χ3v) is 2.71. The van der Waals surface area contributed by atoms with Crippen molar-refractivity contribution in [1.82, 2.24) is 0 Å². The highest BCUT2D eigenvalue weighted by Crippen LogP contribution is 2.15. The Morgan fingerprint density at radius 1 is 0.667 bits per heavy atom. The average molecular weight is 235 g/mol. The Morgan fingerprint density at radius 2 is 1.28 bits per heavy atom. The summed E-state index contributed by atoms with van der Waals surface area (Å²) in [5, 5.41) is 2.44. The van der Waals surface area contributed by atoms with Crippen LogP contribution in [0.4, 0.5) is 5.69 Å². The highest BCUT2D eigenvalue weighted by Gasteiger charge is 1.89. The zero-order chi connectivity index (χ0) is 12.8. The largest absolute Gasteiger partial charge is 0.399 e. The van der Waals surface area contributed by atoms with Crippen molar-refractivity contribution in [2.24, 2.45) is 0 Å². The van der Waals surface area contributed by atoms with Gasteiger partial charge < -0.3 is 5.73 Å². The van der Waals surface area contributed by atoms with Crippen LogP contribution in [0.25, 0.3) is 10.8 Å². The molecule has 2 N–H and O–H groups in total. The van der Waals surface area contributed by atoms with Crippen LogP contribution in [0, 0.1) is 6.92 Å². The van der Waals surface area contributed by atoms with E-state index in [4.69, 9.17) is 5.73 Å². The first-order valence-corrected chi connectivity index (χ1v) is 6.01. The Morgan fingerprint density at radius 3 is 1.89 bits per heavy atom. The van der Waals surface area contributed by atoms with Crippen molar-refractivity contribution in [2.45, 2.75) is 6.92 Å². The summed E-state index contributed by atoms with van der Waals surface area (Å²) in [6.07, 6.45) is 0. The molecule has 0 atom stereocenters. The van der Waals surface area contributed by atoms with Gasteiger partial charge in [0.2, 0.25) is 0 Å². The molecule has 3 aromatic rings. The van der Waals surface area contributed by atoms with Crippen molar-refractivity contribution in [2.75, 3.05) is 5.73 Å². The van der Waals surface area contributed by atoms with Crippen LogP contribution in [-0.4, -0.2) is 0 Å². The molecule has 0 aromatic heterocycles. The molecule has 0 aliphatic carbocycles. The van der Waals surface area contributed by atoms with Crippen LogP contribution in [0.15, 0.2) is 72.8 Å². The predicted molar refractivity (Wildman–Crippen MR) is 79.5 cm³/mol. The summed E-state index contributed by atoms with van der Waals surface area (Å²) < 4.78 is 0. The van der Waals surface area contributed by atoms with Crippen LogP contribution >= 0.6 is 0 Å². The molecule has 0 heterocycles. The van der Waals surface area contributed by atoms with E-state index >= 15 is 0 Å². The maximum absolute atomic E-state index is 5.62. The third-order valence-electron chi connectivity index (χ3n) is 2.71. The second-order valence-electron chi connectivity index (χ2n) is 4.26. The molecule has 1 heteroatoms. The van der Waals surface area contributed by atoms with Crippen LogP contribution in [0.3, 0.4) is 0 Å². The molecule has 18 heavy (non-hydrogen) atoms. The normalized spacial score (nSPS) is 9.61. The van der Waals surface area contributed by atoms with Crippen molar-refractivity contribution in [3.8, 4) is 0 Å². The number of hydrogen-bond donors (Lipinski definition) is 1. The average Bonchev–Trinajstić information content (AvgIpc) is 2.40. The van der Waals surface area contributed by atoms with E-state index in [0.717, 1.165) is 5.69 Å². The summed E-state index contributed by atoms with van der Waals surface area (Å²) in [5.41, 5.74) is 7.77. The standard InChI is InChI=1S/C10H9N.C7H8/c11-10-6-5-8-3-1-2-4-9(8)7-10;1-7-5-3-2-4-6-7/h1-7H,11H2;2-6H,1H3. The summed E-state index contributed by atoms with van der Waals surface area (Å²) in [6.45, 7) is 2.08. The Hall–Kier alpha value is -2.28. The van der Waals surface area contributed by atoms with E-state index in [-0.39, 0.29) is 0 Å². The van der Waals surface area contributed by atoms with Crippen molar-refractivity contribution in [1.29, 1.82) is 0 Å². The van der Waals surface area contributed by atoms with Gasteiger partial charge >= 0.3 is 0 Å². The fourth-order valence-corrected chi connectivity index (χ4v) is 1.74. The number of rotatable bonds is 0. The van der Waals surface area contributed by atoms with E-state index in [0.29, 0.717) is 0 Å². The Kier molecular flexibility index (Phi) is 3.98. The summed E-state index contributed by atoms with van der Waals surface area (Å²) in [7, 11) is 0. The Labute approximate surface area is 108 Å². The summed E-state index contributed by atoms with van der Waals surface area (Å²) in [5.74, 6) is 0.